The number of hydrogen-bond donors (Lipinski definition) is 1. The molecule has 0 saturated heterocycles. The smallest absolute Gasteiger partial charge is 0.306 e. The van der Waals surface area contributed by atoms with Crippen LogP contribution in [0.25, 0.3) is 0 Å². The van der Waals surface area contributed by atoms with E-state index in [1.165, 1.54) is 0 Å². The van der Waals surface area contributed by atoms with Crippen LogP contribution in [-0.4, -0.2) is 16.8 Å². The minimum absolute atomic E-state index is 0.164. The summed E-state index contributed by atoms with van der Waals surface area (Å²) in [4.78, 5) is 0. The van der Waals surface area contributed by atoms with Gasteiger partial charge in [-0.1, -0.05) is 22.6 Å². The van der Waals surface area contributed by atoms with Crippen LogP contribution >= 0.6 is 22.6 Å². The molecule has 0 amide bonds. The van der Waals surface area contributed by atoms with E-state index in [9.17, 15) is 13.2 Å². The van der Waals surface area contributed by atoms with E-state index in [0.717, 1.165) is 0 Å². The second-order valence-corrected chi connectivity index (χ2v) is 4.16. The zero-order chi connectivity index (χ0) is 8.91. The van der Waals surface area contributed by atoms with Crippen molar-refractivity contribution in [3.05, 3.63) is 0 Å². The van der Waals surface area contributed by atoms with E-state index in [-0.39, 0.29) is 10.5 Å². The number of rotatable bonds is 4. The highest BCUT2D eigenvalue weighted by Crippen LogP contribution is 2.20. The first kappa shape index (κ1) is 11.5. The third-order valence-electron chi connectivity index (χ3n) is 1.06. The molecule has 0 heterocycles. The number of hydrogen-bond acceptors (Lipinski definition) is 1. The van der Waals surface area contributed by atoms with E-state index in [1.807, 2.05) is 6.92 Å². The van der Waals surface area contributed by atoms with Crippen LogP contribution in [0.2, 0.25) is 0 Å². The molecule has 68 valence electrons. The van der Waals surface area contributed by atoms with Gasteiger partial charge in [0.15, 0.2) is 0 Å². The molecule has 0 aliphatic carbocycles. The Labute approximate surface area is 77.9 Å². The summed E-state index contributed by atoms with van der Waals surface area (Å²) < 4.78 is 34.9. The maximum Gasteiger partial charge on any atom is 0.389 e. The Kier molecular flexibility index (Phi) is 5.41. The van der Waals surface area contributed by atoms with Crippen LogP contribution in [0.4, 0.5) is 13.2 Å². The Balaban J connectivity index is 3.15. The fourth-order valence-corrected chi connectivity index (χ4v) is 0.901. The van der Waals surface area contributed by atoms with Gasteiger partial charge in [-0.15, -0.1) is 0 Å². The lowest BCUT2D eigenvalue weighted by molar-refractivity contribution is -0.135. The Morgan fingerprint density at radius 2 is 2.00 bits per heavy atom. The molecule has 0 aromatic carbocycles. The van der Waals surface area contributed by atoms with Crippen molar-refractivity contribution in [1.29, 1.82) is 0 Å². The second kappa shape index (κ2) is 5.18. The van der Waals surface area contributed by atoms with Gasteiger partial charge in [0.1, 0.15) is 0 Å². The number of halogens is 4. The highest BCUT2D eigenvalue weighted by atomic mass is 127. The van der Waals surface area contributed by atoms with E-state index in [0.29, 0.717) is 6.54 Å². The predicted octanol–water partition coefficient (Wildman–Crippen LogP) is 2.70. The first-order valence-electron chi connectivity index (χ1n) is 3.36. The van der Waals surface area contributed by atoms with Crippen LogP contribution in [-0.2, 0) is 0 Å². The maximum atomic E-state index is 11.6. The summed E-state index contributed by atoms with van der Waals surface area (Å²) in [6, 6.07) is 0. The zero-order valence-electron chi connectivity index (χ0n) is 6.21. The van der Waals surface area contributed by atoms with Crippen molar-refractivity contribution >= 4 is 22.6 Å². The van der Waals surface area contributed by atoms with Crippen LogP contribution in [0.3, 0.4) is 0 Å². The van der Waals surface area contributed by atoms with Crippen molar-refractivity contribution in [3.8, 4) is 0 Å². The average Bonchev–Trinajstić information content (AvgIpc) is 1.78. The Bertz CT molecular complexity index is 102. The quantitative estimate of drug-likeness (QED) is 0.361. The predicted molar refractivity (Wildman–Crippen MR) is 46.8 cm³/mol. The van der Waals surface area contributed by atoms with Gasteiger partial charge in [0, 0.05) is 6.42 Å². The van der Waals surface area contributed by atoms with Crippen molar-refractivity contribution < 1.29 is 13.2 Å². The molecule has 0 rings (SSSR count). The highest BCUT2D eigenvalue weighted by molar-refractivity contribution is 14.1. The lowest BCUT2D eigenvalue weighted by Gasteiger charge is -2.08. The van der Waals surface area contributed by atoms with Gasteiger partial charge >= 0.3 is 6.18 Å². The van der Waals surface area contributed by atoms with Gasteiger partial charge in [0.05, 0.1) is 4.05 Å². The highest BCUT2D eigenvalue weighted by Gasteiger charge is 2.25. The fraction of sp³-hybridized carbons (Fsp3) is 1.00. The van der Waals surface area contributed by atoms with Crippen LogP contribution in [0.1, 0.15) is 19.8 Å². The standard InChI is InChI=1S/C6H11F3IN/c1-5(10)11-4-2-3-6(7,8)9/h5,11H,2-4H2,1H3. The van der Waals surface area contributed by atoms with E-state index < -0.39 is 12.6 Å². The average molecular weight is 281 g/mol. The number of alkyl halides is 4. The summed E-state index contributed by atoms with van der Waals surface area (Å²) in [5, 5.41) is 2.90. The molecule has 1 nitrogen and oxygen atoms in total. The molecule has 1 N–H and O–H groups in total. The first-order valence-corrected chi connectivity index (χ1v) is 4.60. The van der Waals surface area contributed by atoms with Crippen molar-refractivity contribution in [2.24, 2.45) is 0 Å². The van der Waals surface area contributed by atoms with Crippen LogP contribution in [0, 0.1) is 0 Å². The molecule has 1 atom stereocenters. The summed E-state index contributed by atoms with van der Waals surface area (Å²) >= 11 is 2.11. The summed E-state index contributed by atoms with van der Waals surface area (Å²) in [6.45, 7) is 2.33. The van der Waals surface area contributed by atoms with E-state index in [1.54, 1.807) is 0 Å². The molecule has 0 aromatic rings. The summed E-state index contributed by atoms with van der Waals surface area (Å²) in [5.41, 5.74) is 0. The Morgan fingerprint density at radius 3 is 2.36 bits per heavy atom. The molecule has 0 bridgehead atoms. The molecule has 11 heavy (non-hydrogen) atoms. The minimum Gasteiger partial charge on any atom is -0.306 e. The molecule has 0 aliphatic heterocycles. The van der Waals surface area contributed by atoms with Gasteiger partial charge in [-0.05, 0) is 19.9 Å². The SMILES string of the molecule is CC(I)NCCCC(F)(F)F. The van der Waals surface area contributed by atoms with Crippen LogP contribution in [0.5, 0.6) is 0 Å². The Hall–Kier alpha value is 0.480. The topological polar surface area (TPSA) is 12.0 Å². The van der Waals surface area contributed by atoms with Crippen molar-refractivity contribution in [2.75, 3.05) is 6.54 Å². The van der Waals surface area contributed by atoms with Crippen molar-refractivity contribution in [2.45, 2.75) is 30.0 Å². The van der Waals surface area contributed by atoms with Crippen molar-refractivity contribution in [1.82, 2.24) is 5.32 Å². The Morgan fingerprint density at radius 1 is 1.45 bits per heavy atom. The largest absolute Gasteiger partial charge is 0.389 e. The minimum atomic E-state index is -4.00. The number of nitrogens with one attached hydrogen (secondary N) is 1. The van der Waals surface area contributed by atoms with Crippen LogP contribution < -0.4 is 5.32 Å². The molecule has 0 saturated carbocycles. The molecular weight excluding hydrogens is 270 g/mol. The first-order chi connectivity index (χ1) is 4.92. The summed E-state index contributed by atoms with van der Waals surface area (Å²) in [5.74, 6) is 0. The second-order valence-electron chi connectivity index (χ2n) is 2.29. The molecular formula is C6H11F3IN. The zero-order valence-corrected chi connectivity index (χ0v) is 8.37. The fourth-order valence-electron chi connectivity index (χ4n) is 0.590. The monoisotopic (exact) mass is 281 g/mol. The normalized spacial score (nSPS) is 15.0. The van der Waals surface area contributed by atoms with Gasteiger partial charge in [-0.3, -0.25) is 0 Å². The van der Waals surface area contributed by atoms with Gasteiger partial charge in [0.2, 0.25) is 0 Å². The summed E-state index contributed by atoms with van der Waals surface area (Å²) in [7, 11) is 0. The third-order valence-corrected chi connectivity index (χ3v) is 1.50. The van der Waals surface area contributed by atoms with Crippen molar-refractivity contribution in [3.63, 3.8) is 0 Å². The van der Waals surface area contributed by atoms with Gasteiger partial charge in [0.25, 0.3) is 0 Å². The van der Waals surface area contributed by atoms with Gasteiger partial charge < -0.3 is 5.32 Å². The molecule has 0 aromatic heterocycles. The third kappa shape index (κ3) is 10.5. The molecule has 0 spiro atoms. The lowest BCUT2D eigenvalue weighted by Crippen LogP contribution is -2.22. The van der Waals surface area contributed by atoms with E-state index in [4.69, 9.17) is 0 Å². The molecule has 0 fully saturated rings. The van der Waals surface area contributed by atoms with Gasteiger partial charge in [-0.2, -0.15) is 13.2 Å². The lowest BCUT2D eigenvalue weighted by atomic mass is 10.3. The summed E-state index contributed by atoms with van der Waals surface area (Å²) in [6.07, 6.45) is -4.53. The maximum absolute atomic E-state index is 11.6. The molecule has 0 aliphatic rings. The van der Waals surface area contributed by atoms with Gasteiger partial charge in [-0.25, -0.2) is 0 Å². The van der Waals surface area contributed by atoms with Crippen LogP contribution in [0.15, 0.2) is 0 Å². The molecule has 1 unspecified atom stereocenters. The van der Waals surface area contributed by atoms with E-state index in [2.05, 4.69) is 27.9 Å². The van der Waals surface area contributed by atoms with E-state index >= 15 is 0 Å². The molecule has 0 radical (unpaired) electrons. The molecule has 5 heteroatoms.